The Morgan fingerprint density at radius 2 is 2.15 bits per heavy atom. The van der Waals surface area contributed by atoms with Crippen molar-refractivity contribution in [1.82, 2.24) is 35.2 Å². The van der Waals surface area contributed by atoms with Gasteiger partial charge in [0.25, 0.3) is 5.91 Å². The maximum Gasteiger partial charge on any atom is 0.387 e. The summed E-state index contributed by atoms with van der Waals surface area (Å²) in [5, 5.41) is 13.0. The molecule has 1 atom stereocenters. The molecule has 1 aliphatic rings. The van der Waals surface area contributed by atoms with Gasteiger partial charge in [0.15, 0.2) is 11.6 Å². The van der Waals surface area contributed by atoms with Gasteiger partial charge in [-0.3, -0.25) is 14.7 Å². The lowest BCUT2D eigenvalue weighted by Crippen LogP contribution is -2.38. The van der Waals surface area contributed by atoms with Crippen molar-refractivity contribution in [2.24, 2.45) is 0 Å². The molecule has 0 radical (unpaired) electrons. The van der Waals surface area contributed by atoms with Crippen molar-refractivity contribution < 1.29 is 27.6 Å². The van der Waals surface area contributed by atoms with Crippen molar-refractivity contribution in [1.29, 1.82) is 0 Å². The number of halogens is 2. The number of nitrogens with zero attached hydrogens (tertiary/aromatic N) is 6. The molecular weight excluding hydrogens is 514 g/mol. The van der Waals surface area contributed by atoms with E-state index >= 15 is 0 Å². The molecule has 4 aromatic heterocycles. The Balaban J connectivity index is 1.36. The van der Waals surface area contributed by atoms with Gasteiger partial charge in [-0.15, -0.1) is 0 Å². The average Bonchev–Trinajstić information content (AvgIpc) is 3.67. The predicted molar refractivity (Wildman–Crippen MR) is 133 cm³/mol. The fourth-order valence-corrected chi connectivity index (χ4v) is 4.15. The molecule has 0 aromatic carbocycles. The van der Waals surface area contributed by atoms with Crippen LogP contribution < -0.4 is 10.1 Å². The lowest BCUT2D eigenvalue weighted by atomic mass is 9.98. The van der Waals surface area contributed by atoms with Crippen LogP contribution in [0.5, 0.6) is 5.75 Å². The molecule has 2 amide bonds. The van der Waals surface area contributed by atoms with Crippen LogP contribution in [0.1, 0.15) is 35.1 Å². The minimum absolute atomic E-state index is 0.0234. The SMILES string of the molecule is C=CC(=O)N1CCC[C@H](c2nc(-c3cnc(NC(=O)c4cccc(-c5ccn[nH]5)n4)c(OC(F)F)c3)no2)C1. The monoisotopic (exact) mass is 536 g/mol. The molecule has 4 aromatic rings. The topological polar surface area (TPSA) is 152 Å². The quantitative estimate of drug-likeness (QED) is 0.321. The molecule has 12 nitrogen and oxygen atoms in total. The summed E-state index contributed by atoms with van der Waals surface area (Å²) in [6, 6.07) is 7.69. The normalized spacial score (nSPS) is 15.3. The predicted octanol–water partition coefficient (Wildman–Crippen LogP) is 3.66. The highest BCUT2D eigenvalue weighted by atomic mass is 19.3. The highest BCUT2D eigenvalue weighted by molar-refractivity contribution is 6.03. The number of hydrogen-bond acceptors (Lipinski definition) is 9. The van der Waals surface area contributed by atoms with Gasteiger partial charge in [0, 0.05) is 31.0 Å². The Morgan fingerprint density at radius 1 is 1.28 bits per heavy atom. The van der Waals surface area contributed by atoms with Crippen molar-refractivity contribution in [2.45, 2.75) is 25.4 Å². The molecule has 1 fully saturated rings. The summed E-state index contributed by atoms with van der Waals surface area (Å²) in [6.07, 6.45) is 5.59. The van der Waals surface area contributed by atoms with Crippen molar-refractivity contribution in [3.8, 4) is 28.5 Å². The van der Waals surface area contributed by atoms with E-state index in [1.165, 1.54) is 24.4 Å². The van der Waals surface area contributed by atoms with Gasteiger partial charge in [-0.2, -0.15) is 18.9 Å². The number of ether oxygens (including phenoxy) is 1. The summed E-state index contributed by atoms with van der Waals surface area (Å²) < 4.78 is 36.4. The molecule has 1 saturated heterocycles. The zero-order valence-electron chi connectivity index (χ0n) is 20.4. The van der Waals surface area contributed by atoms with E-state index in [1.807, 2.05) is 0 Å². The third kappa shape index (κ3) is 5.79. The molecule has 0 aliphatic carbocycles. The van der Waals surface area contributed by atoms with E-state index in [2.05, 4.69) is 46.9 Å². The molecule has 14 heteroatoms. The zero-order chi connectivity index (χ0) is 27.4. The van der Waals surface area contributed by atoms with Gasteiger partial charge < -0.3 is 19.5 Å². The smallest absolute Gasteiger partial charge is 0.387 e. The van der Waals surface area contributed by atoms with Gasteiger partial charge >= 0.3 is 6.61 Å². The number of carbonyl (C=O) groups excluding carboxylic acids is 2. The molecule has 39 heavy (non-hydrogen) atoms. The van der Waals surface area contributed by atoms with E-state index in [-0.39, 0.29) is 34.7 Å². The van der Waals surface area contributed by atoms with Crippen LogP contribution in [-0.4, -0.2) is 66.7 Å². The van der Waals surface area contributed by atoms with Crippen LogP contribution in [-0.2, 0) is 4.79 Å². The van der Waals surface area contributed by atoms with Crippen molar-refractivity contribution in [2.75, 3.05) is 18.4 Å². The van der Waals surface area contributed by atoms with E-state index < -0.39 is 18.3 Å². The maximum absolute atomic E-state index is 13.2. The van der Waals surface area contributed by atoms with Gasteiger partial charge in [0.05, 0.1) is 17.3 Å². The van der Waals surface area contributed by atoms with E-state index in [4.69, 9.17) is 4.52 Å². The molecule has 2 N–H and O–H groups in total. The van der Waals surface area contributed by atoms with Crippen LogP contribution in [0, 0.1) is 0 Å². The number of rotatable bonds is 8. The Morgan fingerprint density at radius 3 is 2.92 bits per heavy atom. The first-order valence-electron chi connectivity index (χ1n) is 11.9. The average molecular weight is 536 g/mol. The fraction of sp³-hybridized carbons (Fsp3) is 0.240. The molecule has 0 bridgehead atoms. The first-order valence-corrected chi connectivity index (χ1v) is 11.9. The number of amides is 2. The summed E-state index contributed by atoms with van der Waals surface area (Å²) in [7, 11) is 0. The van der Waals surface area contributed by atoms with E-state index in [0.29, 0.717) is 30.4 Å². The Bertz CT molecular complexity index is 1490. The highest BCUT2D eigenvalue weighted by Gasteiger charge is 2.28. The second-order valence-electron chi connectivity index (χ2n) is 8.57. The van der Waals surface area contributed by atoms with Crippen molar-refractivity contribution >= 4 is 17.6 Å². The minimum Gasteiger partial charge on any atom is -0.431 e. The highest BCUT2D eigenvalue weighted by Crippen LogP contribution is 2.31. The molecular formula is C25H22F2N8O4. The third-order valence-corrected chi connectivity index (χ3v) is 6.02. The van der Waals surface area contributed by atoms with E-state index in [1.54, 1.807) is 29.3 Å². The zero-order valence-corrected chi connectivity index (χ0v) is 20.4. The van der Waals surface area contributed by atoms with Crippen molar-refractivity contribution in [3.63, 3.8) is 0 Å². The lowest BCUT2D eigenvalue weighted by Gasteiger charge is -2.30. The summed E-state index contributed by atoms with van der Waals surface area (Å²) in [5.41, 5.74) is 1.32. The standard InChI is InChI=1S/C25H22F2N8O4/c1-2-20(36)35-10-4-5-14(13-35)24-32-21(34-39-24)15-11-19(38-25(26)27)22(28-12-15)31-23(37)18-7-3-6-16(30-18)17-8-9-29-33-17/h2-3,6-9,11-12,14,25H,1,4-5,10,13H2,(H,29,33)(H,28,31,37)/t14-/m0/s1. The van der Waals surface area contributed by atoms with Crippen LogP contribution in [0.25, 0.3) is 22.8 Å². The van der Waals surface area contributed by atoms with Crippen LogP contribution >= 0.6 is 0 Å². The number of pyridine rings is 2. The number of nitrogens with one attached hydrogen (secondary N) is 2. The summed E-state index contributed by atoms with van der Waals surface area (Å²) in [5.74, 6) is -1.29. The Kier molecular flexibility index (Phi) is 7.34. The number of carbonyl (C=O) groups is 2. The van der Waals surface area contributed by atoms with Gasteiger partial charge in [0.2, 0.25) is 17.6 Å². The first-order chi connectivity index (χ1) is 18.9. The molecule has 0 unspecified atom stereocenters. The van der Waals surface area contributed by atoms with Crippen molar-refractivity contribution in [3.05, 3.63) is 67.0 Å². The second-order valence-corrected chi connectivity index (χ2v) is 8.57. The Hall–Kier alpha value is -5.01. The number of anilines is 1. The van der Waals surface area contributed by atoms with E-state index in [9.17, 15) is 18.4 Å². The molecule has 5 rings (SSSR count). The summed E-state index contributed by atoms with van der Waals surface area (Å²) in [4.78, 5) is 39.2. The van der Waals surface area contributed by atoms with Gasteiger partial charge in [-0.05, 0) is 43.2 Å². The largest absolute Gasteiger partial charge is 0.431 e. The van der Waals surface area contributed by atoms with Gasteiger partial charge in [0.1, 0.15) is 5.69 Å². The number of H-pyrrole nitrogens is 1. The van der Waals surface area contributed by atoms with Gasteiger partial charge in [-0.25, -0.2) is 9.97 Å². The van der Waals surface area contributed by atoms with E-state index in [0.717, 1.165) is 12.8 Å². The number of piperidine rings is 1. The third-order valence-electron chi connectivity index (χ3n) is 6.02. The number of hydrogen-bond donors (Lipinski definition) is 2. The van der Waals surface area contributed by atoms with Crippen LogP contribution in [0.4, 0.5) is 14.6 Å². The second kappa shape index (κ2) is 11.2. The molecule has 5 heterocycles. The molecule has 200 valence electrons. The number of likely N-dealkylation sites (tertiary alicyclic amines) is 1. The van der Waals surface area contributed by atoms with Crippen LogP contribution in [0.3, 0.4) is 0 Å². The van der Waals surface area contributed by atoms with Gasteiger partial charge in [-0.1, -0.05) is 17.8 Å². The molecule has 0 saturated carbocycles. The minimum atomic E-state index is -3.18. The lowest BCUT2D eigenvalue weighted by molar-refractivity contribution is -0.127. The fourth-order valence-electron chi connectivity index (χ4n) is 4.15. The molecule has 1 aliphatic heterocycles. The number of aromatic amines is 1. The summed E-state index contributed by atoms with van der Waals surface area (Å²) in [6.45, 7) is 1.33. The van der Waals surface area contributed by atoms with Crippen LogP contribution in [0.2, 0.25) is 0 Å². The molecule has 0 spiro atoms. The number of aromatic nitrogens is 6. The Labute approximate surface area is 220 Å². The maximum atomic E-state index is 13.2. The summed E-state index contributed by atoms with van der Waals surface area (Å²) >= 11 is 0. The van der Waals surface area contributed by atoms with Crippen LogP contribution in [0.15, 0.2) is 59.9 Å². The first kappa shape index (κ1) is 25.6. The number of alkyl halides is 2.